The first-order chi connectivity index (χ1) is 17.5. The molecular formula is C25H26N8O3. The monoisotopic (exact) mass is 486 g/mol. The van der Waals surface area contributed by atoms with Crippen molar-refractivity contribution in [2.75, 3.05) is 13.7 Å². The molecule has 5 aromatic rings. The number of hydrogen-bond acceptors (Lipinski definition) is 7. The Bertz CT molecular complexity index is 1630. The first-order valence-corrected chi connectivity index (χ1v) is 11.6. The minimum absolute atomic E-state index is 0.277. The van der Waals surface area contributed by atoms with E-state index in [2.05, 4.69) is 25.6 Å². The van der Waals surface area contributed by atoms with Crippen molar-refractivity contribution in [3.63, 3.8) is 0 Å². The molecule has 0 aliphatic heterocycles. The van der Waals surface area contributed by atoms with E-state index >= 15 is 0 Å². The Morgan fingerprint density at radius 1 is 0.972 bits per heavy atom. The van der Waals surface area contributed by atoms with E-state index in [0.29, 0.717) is 42.5 Å². The molecule has 11 nitrogen and oxygen atoms in total. The number of methoxy groups -OCH3 is 1. The van der Waals surface area contributed by atoms with Crippen molar-refractivity contribution < 1.29 is 4.74 Å². The smallest absolute Gasteiger partial charge is 0.332 e. The Balaban J connectivity index is 1.54. The summed E-state index contributed by atoms with van der Waals surface area (Å²) in [7, 11) is 1.58. The van der Waals surface area contributed by atoms with Gasteiger partial charge in [0.25, 0.3) is 5.56 Å². The molecule has 3 aromatic heterocycles. The van der Waals surface area contributed by atoms with Crippen LogP contribution in [-0.2, 0) is 24.4 Å². The zero-order valence-corrected chi connectivity index (χ0v) is 20.3. The zero-order valence-electron chi connectivity index (χ0n) is 20.3. The molecule has 3 heterocycles. The highest BCUT2D eigenvalue weighted by atomic mass is 16.5. The zero-order chi connectivity index (χ0) is 25.2. The van der Waals surface area contributed by atoms with Gasteiger partial charge in [0.2, 0.25) is 5.82 Å². The van der Waals surface area contributed by atoms with E-state index < -0.39 is 0 Å². The third-order valence-electron chi connectivity index (χ3n) is 6.26. The third-order valence-corrected chi connectivity index (χ3v) is 6.26. The molecule has 11 heteroatoms. The topological polar surface area (TPSA) is 126 Å². The van der Waals surface area contributed by atoms with Gasteiger partial charge in [0, 0.05) is 25.8 Å². The number of aryl methyl sites for hydroxylation is 1. The fourth-order valence-electron chi connectivity index (χ4n) is 4.43. The molecule has 0 amide bonds. The molecule has 36 heavy (non-hydrogen) atoms. The number of fused-ring (bicyclic) bond motifs is 1. The van der Waals surface area contributed by atoms with Gasteiger partial charge in [-0.05, 0) is 35.8 Å². The number of H-pyrrole nitrogens is 1. The second-order valence-corrected chi connectivity index (χ2v) is 8.37. The molecule has 5 rings (SSSR count). The standard InChI is InChI=1S/C25H26N8O3/c1-4-31-24(34)21-23(32(25(31)35)13-14-36-3)26-16(2)33(21)15-17-9-11-18(12-10-17)19-7-5-6-8-20(19)22-27-29-30-28-22/h5-12H,4,13-15H2,1-3H3,(H,27,28,29,30). The number of tetrazole rings is 1. The van der Waals surface area contributed by atoms with Gasteiger partial charge >= 0.3 is 5.69 Å². The quantitative estimate of drug-likeness (QED) is 0.356. The van der Waals surface area contributed by atoms with Gasteiger partial charge in [-0.25, -0.2) is 9.78 Å². The molecular weight excluding hydrogens is 460 g/mol. The molecule has 2 aromatic carbocycles. The molecule has 184 valence electrons. The number of ether oxygens (including phenoxy) is 1. The van der Waals surface area contributed by atoms with Crippen molar-refractivity contribution in [1.82, 2.24) is 39.3 Å². The number of nitrogens with zero attached hydrogens (tertiary/aromatic N) is 7. The van der Waals surface area contributed by atoms with Crippen LogP contribution in [0.5, 0.6) is 0 Å². The summed E-state index contributed by atoms with van der Waals surface area (Å²) in [4.78, 5) is 30.8. The van der Waals surface area contributed by atoms with Crippen LogP contribution in [0, 0.1) is 6.92 Å². The predicted octanol–water partition coefficient (Wildman–Crippen LogP) is 2.23. The van der Waals surface area contributed by atoms with Crippen LogP contribution in [-0.4, -0.2) is 53.0 Å². The largest absolute Gasteiger partial charge is 0.383 e. The number of benzene rings is 2. The van der Waals surface area contributed by atoms with Gasteiger partial charge in [-0.15, -0.1) is 10.2 Å². The Labute approximate surface area is 206 Å². The van der Waals surface area contributed by atoms with Crippen LogP contribution < -0.4 is 11.2 Å². The highest BCUT2D eigenvalue weighted by Gasteiger charge is 2.20. The van der Waals surface area contributed by atoms with Gasteiger partial charge in [0.15, 0.2) is 11.2 Å². The summed E-state index contributed by atoms with van der Waals surface area (Å²) in [5.41, 5.74) is 3.96. The normalized spacial score (nSPS) is 11.4. The first kappa shape index (κ1) is 23.4. The van der Waals surface area contributed by atoms with Crippen molar-refractivity contribution in [3.05, 3.63) is 80.8 Å². The van der Waals surface area contributed by atoms with Crippen LogP contribution >= 0.6 is 0 Å². The van der Waals surface area contributed by atoms with Crippen LogP contribution in [0.1, 0.15) is 18.3 Å². The second-order valence-electron chi connectivity index (χ2n) is 8.37. The van der Waals surface area contributed by atoms with E-state index in [1.54, 1.807) is 14.0 Å². The first-order valence-electron chi connectivity index (χ1n) is 11.6. The molecule has 0 radical (unpaired) electrons. The van der Waals surface area contributed by atoms with E-state index in [4.69, 9.17) is 4.74 Å². The average molecular weight is 487 g/mol. The summed E-state index contributed by atoms with van der Waals surface area (Å²) in [6.45, 7) is 5.01. The van der Waals surface area contributed by atoms with Gasteiger partial charge in [0.05, 0.1) is 13.2 Å². The van der Waals surface area contributed by atoms with Gasteiger partial charge < -0.3 is 9.30 Å². The lowest BCUT2D eigenvalue weighted by molar-refractivity contribution is 0.186. The summed E-state index contributed by atoms with van der Waals surface area (Å²) in [5, 5.41) is 14.4. The van der Waals surface area contributed by atoms with Crippen molar-refractivity contribution >= 4 is 11.2 Å². The molecule has 0 bridgehead atoms. The fraction of sp³-hybridized carbons (Fsp3) is 0.280. The lowest BCUT2D eigenvalue weighted by Crippen LogP contribution is -2.40. The van der Waals surface area contributed by atoms with E-state index in [9.17, 15) is 9.59 Å². The molecule has 0 atom stereocenters. The van der Waals surface area contributed by atoms with Crippen molar-refractivity contribution in [2.24, 2.45) is 0 Å². The summed E-state index contributed by atoms with van der Waals surface area (Å²) in [5.74, 6) is 1.19. The third kappa shape index (κ3) is 4.03. The highest BCUT2D eigenvalue weighted by Crippen LogP contribution is 2.30. The van der Waals surface area contributed by atoms with Crippen molar-refractivity contribution in [3.8, 4) is 22.5 Å². The van der Waals surface area contributed by atoms with E-state index in [1.807, 2.05) is 60.0 Å². The molecule has 0 fully saturated rings. The molecule has 0 unspecified atom stereocenters. The summed E-state index contributed by atoms with van der Waals surface area (Å²) in [6, 6.07) is 16.0. The Morgan fingerprint density at radius 2 is 1.72 bits per heavy atom. The Hall–Kier alpha value is -4.38. The maximum absolute atomic E-state index is 13.3. The van der Waals surface area contributed by atoms with Crippen LogP contribution in [0.2, 0.25) is 0 Å². The molecule has 1 N–H and O–H groups in total. The molecule has 0 aliphatic rings. The number of imidazole rings is 1. The number of aromatic amines is 1. The van der Waals surface area contributed by atoms with Gasteiger partial charge in [-0.2, -0.15) is 5.21 Å². The fourth-order valence-corrected chi connectivity index (χ4v) is 4.43. The molecule has 0 spiro atoms. The summed E-state index contributed by atoms with van der Waals surface area (Å²) in [6.07, 6.45) is 0. The summed E-state index contributed by atoms with van der Waals surface area (Å²) < 4.78 is 9.80. The SMILES string of the molecule is CCn1c(=O)c2c(nc(C)n2Cc2ccc(-c3ccccc3-c3nn[nH]n3)cc2)n(CCOC)c1=O. The van der Waals surface area contributed by atoms with Crippen molar-refractivity contribution in [1.29, 1.82) is 0 Å². The van der Waals surface area contributed by atoms with E-state index in [-0.39, 0.29) is 17.8 Å². The lowest BCUT2D eigenvalue weighted by atomic mass is 9.98. The minimum Gasteiger partial charge on any atom is -0.383 e. The van der Waals surface area contributed by atoms with E-state index in [1.165, 1.54) is 9.13 Å². The average Bonchev–Trinajstić information content (AvgIpc) is 3.54. The minimum atomic E-state index is -0.374. The summed E-state index contributed by atoms with van der Waals surface area (Å²) >= 11 is 0. The lowest BCUT2D eigenvalue weighted by Gasteiger charge is -2.12. The Kier molecular flexibility index (Phi) is 6.30. The van der Waals surface area contributed by atoms with Crippen molar-refractivity contribution in [2.45, 2.75) is 33.5 Å². The maximum Gasteiger partial charge on any atom is 0.332 e. The number of aromatic nitrogens is 8. The van der Waals surface area contributed by atoms with Gasteiger partial charge in [-0.3, -0.25) is 13.9 Å². The van der Waals surface area contributed by atoms with Crippen LogP contribution in [0.3, 0.4) is 0 Å². The molecule has 0 saturated carbocycles. The number of rotatable bonds is 8. The van der Waals surface area contributed by atoms with Crippen LogP contribution in [0.25, 0.3) is 33.7 Å². The number of hydrogen-bond donors (Lipinski definition) is 1. The molecule has 0 aliphatic carbocycles. The molecule has 0 saturated heterocycles. The van der Waals surface area contributed by atoms with Gasteiger partial charge in [0.1, 0.15) is 5.82 Å². The maximum atomic E-state index is 13.3. The van der Waals surface area contributed by atoms with E-state index in [0.717, 1.165) is 22.3 Å². The van der Waals surface area contributed by atoms with Crippen LogP contribution in [0.15, 0.2) is 58.1 Å². The van der Waals surface area contributed by atoms with Gasteiger partial charge in [-0.1, -0.05) is 48.5 Å². The second kappa shape index (κ2) is 9.70. The predicted molar refractivity (Wildman–Crippen MR) is 135 cm³/mol. The number of nitrogens with one attached hydrogen (secondary N) is 1. The van der Waals surface area contributed by atoms with Crippen LogP contribution in [0.4, 0.5) is 0 Å². The Morgan fingerprint density at radius 3 is 2.39 bits per heavy atom. The highest BCUT2D eigenvalue weighted by molar-refractivity contribution is 5.80.